The van der Waals surface area contributed by atoms with Gasteiger partial charge in [0.05, 0.1) is 6.42 Å². The van der Waals surface area contributed by atoms with Crippen molar-refractivity contribution < 1.29 is 4.79 Å². The van der Waals surface area contributed by atoms with Crippen LogP contribution >= 0.6 is 0 Å². The van der Waals surface area contributed by atoms with Crippen LogP contribution in [0.15, 0.2) is 49.1 Å². The van der Waals surface area contributed by atoms with Crippen molar-refractivity contribution in [3.63, 3.8) is 0 Å². The summed E-state index contributed by atoms with van der Waals surface area (Å²) in [5.74, 6) is 0.0610. The number of allylic oxidation sites excluding steroid dienone is 5. The molecule has 0 saturated heterocycles. The van der Waals surface area contributed by atoms with Crippen molar-refractivity contribution in [1.29, 1.82) is 0 Å². The fourth-order valence-electron chi connectivity index (χ4n) is 2.06. The lowest BCUT2D eigenvalue weighted by Gasteiger charge is -2.07. The first-order valence-electron chi connectivity index (χ1n) is 5.63. The Bertz CT molecular complexity index is 524. The molecule has 1 aliphatic rings. The minimum absolute atomic E-state index is 0.0610. The predicted molar refractivity (Wildman–Crippen MR) is 71.8 cm³/mol. The van der Waals surface area contributed by atoms with Gasteiger partial charge in [0.15, 0.2) is 0 Å². The SMILES string of the molecule is C=C/C=C(\C=C/C)c1cccc2c1CC(=O)N2. The van der Waals surface area contributed by atoms with Crippen LogP contribution in [0.3, 0.4) is 0 Å². The smallest absolute Gasteiger partial charge is 0.228 e. The van der Waals surface area contributed by atoms with Crippen LogP contribution < -0.4 is 5.32 Å². The molecule has 2 nitrogen and oxygen atoms in total. The van der Waals surface area contributed by atoms with Gasteiger partial charge in [0.25, 0.3) is 0 Å². The molecule has 2 rings (SSSR count). The third kappa shape index (κ3) is 2.21. The van der Waals surface area contributed by atoms with Crippen LogP contribution in [0.1, 0.15) is 18.1 Å². The van der Waals surface area contributed by atoms with Gasteiger partial charge in [-0.05, 0) is 29.7 Å². The van der Waals surface area contributed by atoms with Crippen molar-refractivity contribution in [3.05, 3.63) is 60.2 Å². The van der Waals surface area contributed by atoms with Crippen LogP contribution in [-0.4, -0.2) is 5.91 Å². The Morgan fingerprint density at radius 3 is 3.00 bits per heavy atom. The Labute approximate surface area is 101 Å². The predicted octanol–water partition coefficient (Wildman–Crippen LogP) is 3.33. The first-order chi connectivity index (χ1) is 8.26. The van der Waals surface area contributed by atoms with Gasteiger partial charge in [-0.15, -0.1) is 0 Å². The van der Waals surface area contributed by atoms with Crippen molar-refractivity contribution in [2.24, 2.45) is 0 Å². The van der Waals surface area contributed by atoms with Gasteiger partial charge in [0.1, 0.15) is 0 Å². The largest absolute Gasteiger partial charge is 0.326 e. The molecule has 2 heteroatoms. The monoisotopic (exact) mass is 225 g/mol. The number of hydrogen-bond acceptors (Lipinski definition) is 1. The highest BCUT2D eigenvalue weighted by atomic mass is 16.1. The molecule has 1 heterocycles. The first-order valence-corrected chi connectivity index (χ1v) is 5.63. The van der Waals surface area contributed by atoms with Crippen molar-refractivity contribution in [2.75, 3.05) is 5.32 Å². The molecule has 0 radical (unpaired) electrons. The minimum atomic E-state index is 0.0610. The van der Waals surface area contributed by atoms with E-state index in [1.165, 1.54) is 0 Å². The number of carbonyl (C=O) groups excluding carboxylic acids is 1. The number of amides is 1. The molecular weight excluding hydrogens is 210 g/mol. The fraction of sp³-hybridized carbons (Fsp3) is 0.133. The number of anilines is 1. The van der Waals surface area contributed by atoms with E-state index in [4.69, 9.17) is 0 Å². The maximum Gasteiger partial charge on any atom is 0.228 e. The molecule has 0 bridgehead atoms. The molecule has 1 aliphatic heterocycles. The van der Waals surface area contributed by atoms with Crippen LogP contribution in [-0.2, 0) is 11.2 Å². The average Bonchev–Trinajstić information content (AvgIpc) is 2.68. The molecule has 1 amide bonds. The van der Waals surface area contributed by atoms with E-state index >= 15 is 0 Å². The molecule has 0 unspecified atom stereocenters. The summed E-state index contributed by atoms with van der Waals surface area (Å²) in [6.45, 7) is 5.70. The number of carbonyl (C=O) groups is 1. The van der Waals surface area contributed by atoms with Gasteiger partial charge in [0, 0.05) is 5.69 Å². The summed E-state index contributed by atoms with van der Waals surface area (Å²) >= 11 is 0. The van der Waals surface area contributed by atoms with Crippen molar-refractivity contribution in [2.45, 2.75) is 13.3 Å². The number of rotatable bonds is 3. The number of fused-ring (bicyclic) bond motifs is 1. The number of nitrogens with one attached hydrogen (secondary N) is 1. The second kappa shape index (κ2) is 4.83. The number of hydrogen-bond donors (Lipinski definition) is 1. The van der Waals surface area contributed by atoms with E-state index in [0.717, 1.165) is 22.4 Å². The summed E-state index contributed by atoms with van der Waals surface area (Å²) in [6.07, 6.45) is 8.19. The summed E-state index contributed by atoms with van der Waals surface area (Å²) in [5, 5.41) is 2.86. The average molecular weight is 225 g/mol. The number of benzene rings is 1. The lowest BCUT2D eigenvalue weighted by Crippen LogP contribution is -2.03. The zero-order valence-corrected chi connectivity index (χ0v) is 9.86. The molecule has 0 spiro atoms. The van der Waals surface area contributed by atoms with E-state index in [-0.39, 0.29) is 5.91 Å². The van der Waals surface area contributed by atoms with Crippen LogP contribution in [0.4, 0.5) is 5.69 Å². The van der Waals surface area contributed by atoms with Gasteiger partial charge in [-0.3, -0.25) is 4.79 Å². The molecule has 1 N–H and O–H groups in total. The van der Waals surface area contributed by atoms with Gasteiger partial charge < -0.3 is 5.32 Å². The standard InChI is InChI=1S/C15H15NO/c1-3-6-11(7-4-2)12-8-5-9-14-13(12)10-15(17)16-14/h3-9H,1,10H2,2H3,(H,16,17)/b7-4-,11-6+. The van der Waals surface area contributed by atoms with E-state index in [2.05, 4.69) is 11.9 Å². The molecule has 1 aromatic rings. The third-order valence-corrected chi connectivity index (χ3v) is 2.74. The maximum absolute atomic E-state index is 11.4. The lowest BCUT2D eigenvalue weighted by molar-refractivity contribution is -0.115. The minimum Gasteiger partial charge on any atom is -0.326 e. The first kappa shape index (κ1) is 11.4. The van der Waals surface area contributed by atoms with Crippen LogP contribution in [0.2, 0.25) is 0 Å². The summed E-state index contributed by atoms with van der Waals surface area (Å²) in [6, 6.07) is 5.93. The highest BCUT2D eigenvalue weighted by molar-refractivity contribution is 6.01. The maximum atomic E-state index is 11.4. The molecule has 86 valence electrons. The van der Waals surface area contributed by atoms with Crippen molar-refractivity contribution >= 4 is 17.2 Å². The fourth-order valence-corrected chi connectivity index (χ4v) is 2.06. The zero-order valence-electron chi connectivity index (χ0n) is 9.86. The highest BCUT2D eigenvalue weighted by Gasteiger charge is 2.20. The molecule has 0 saturated carbocycles. The molecule has 0 aromatic heterocycles. The van der Waals surface area contributed by atoms with E-state index in [0.29, 0.717) is 6.42 Å². The van der Waals surface area contributed by atoms with E-state index in [1.807, 2.05) is 43.4 Å². The third-order valence-electron chi connectivity index (χ3n) is 2.74. The normalized spacial score (nSPS) is 14.9. The Kier molecular flexibility index (Phi) is 3.24. The van der Waals surface area contributed by atoms with E-state index in [1.54, 1.807) is 6.08 Å². The van der Waals surface area contributed by atoms with Gasteiger partial charge >= 0.3 is 0 Å². The van der Waals surface area contributed by atoms with Crippen molar-refractivity contribution in [1.82, 2.24) is 0 Å². The van der Waals surface area contributed by atoms with Crippen molar-refractivity contribution in [3.8, 4) is 0 Å². The Morgan fingerprint density at radius 2 is 2.29 bits per heavy atom. The Balaban J connectivity index is 2.53. The summed E-state index contributed by atoms with van der Waals surface area (Å²) in [5.41, 5.74) is 4.17. The summed E-state index contributed by atoms with van der Waals surface area (Å²) in [7, 11) is 0. The van der Waals surface area contributed by atoms with E-state index < -0.39 is 0 Å². The van der Waals surface area contributed by atoms with Gasteiger partial charge in [-0.25, -0.2) is 0 Å². The molecule has 0 atom stereocenters. The quantitative estimate of drug-likeness (QED) is 0.785. The topological polar surface area (TPSA) is 29.1 Å². The molecule has 1 aromatic carbocycles. The lowest BCUT2D eigenvalue weighted by atomic mass is 9.97. The molecule has 0 fully saturated rings. The Morgan fingerprint density at radius 1 is 1.47 bits per heavy atom. The second-order valence-electron chi connectivity index (χ2n) is 3.91. The summed E-state index contributed by atoms with van der Waals surface area (Å²) in [4.78, 5) is 11.4. The highest BCUT2D eigenvalue weighted by Crippen LogP contribution is 2.31. The summed E-state index contributed by atoms with van der Waals surface area (Å²) < 4.78 is 0. The molecular formula is C15H15NO. The van der Waals surface area contributed by atoms with Crippen LogP contribution in [0.5, 0.6) is 0 Å². The van der Waals surface area contributed by atoms with Gasteiger partial charge in [-0.1, -0.05) is 43.0 Å². The van der Waals surface area contributed by atoms with Crippen LogP contribution in [0, 0.1) is 0 Å². The van der Waals surface area contributed by atoms with Crippen LogP contribution in [0.25, 0.3) is 5.57 Å². The molecule has 17 heavy (non-hydrogen) atoms. The second-order valence-corrected chi connectivity index (χ2v) is 3.91. The van der Waals surface area contributed by atoms with Gasteiger partial charge in [-0.2, -0.15) is 0 Å². The zero-order chi connectivity index (χ0) is 12.3. The molecule has 0 aliphatic carbocycles. The van der Waals surface area contributed by atoms with E-state index in [9.17, 15) is 4.79 Å². The van der Waals surface area contributed by atoms with Gasteiger partial charge in [0.2, 0.25) is 5.91 Å². The Hall–Kier alpha value is -2.09.